The fourth-order valence-corrected chi connectivity index (χ4v) is 4.61. The second kappa shape index (κ2) is 6.88. The lowest BCUT2D eigenvalue weighted by Crippen LogP contribution is -2.39. The molecule has 2 aromatic heterocycles. The molecule has 2 atom stereocenters. The average molecular weight is 439 g/mol. The summed E-state index contributed by atoms with van der Waals surface area (Å²) in [6.45, 7) is 0. The Morgan fingerprint density at radius 1 is 1.27 bits per heavy atom. The van der Waals surface area contributed by atoms with Gasteiger partial charge in [0.05, 0.1) is 23.7 Å². The molecule has 0 unspecified atom stereocenters. The number of carbonyl (C=O) groups excluding carboxylic acids is 2. The van der Waals surface area contributed by atoms with Gasteiger partial charge in [-0.1, -0.05) is 30.3 Å². The van der Waals surface area contributed by atoms with E-state index in [1.807, 2.05) is 49.6 Å². The van der Waals surface area contributed by atoms with E-state index in [-0.39, 0.29) is 17.7 Å². The molecule has 3 heterocycles. The Bertz CT molecular complexity index is 1470. The quantitative estimate of drug-likeness (QED) is 0.389. The van der Waals surface area contributed by atoms with Crippen molar-refractivity contribution in [2.75, 3.05) is 5.32 Å². The van der Waals surface area contributed by atoms with Crippen LogP contribution in [0.3, 0.4) is 0 Å². The van der Waals surface area contributed by atoms with Crippen molar-refractivity contribution in [1.29, 1.82) is 0 Å². The molecule has 33 heavy (non-hydrogen) atoms. The van der Waals surface area contributed by atoms with Crippen LogP contribution in [0.15, 0.2) is 60.0 Å². The van der Waals surface area contributed by atoms with Gasteiger partial charge in [-0.25, -0.2) is 5.43 Å². The van der Waals surface area contributed by atoms with Crippen molar-refractivity contribution in [2.45, 2.75) is 17.9 Å². The third-order valence-corrected chi connectivity index (χ3v) is 6.42. The minimum atomic E-state index is -0.975. The van der Waals surface area contributed by atoms with E-state index in [0.717, 1.165) is 27.8 Å². The van der Waals surface area contributed by atoms with Crippen molar-refractivity contribution >= 4 is 34.6 Å². The summed E-state index contributed by atoms with van der Waals surface area (Å²) in [5.41, 5.74) is 13.1. The molecule has 2 aromatic carbocycles. The van der Waals surface area contributed by atoms with E-state index in [0.29, 0.717) is 23.2 Å². The number of nitrogens with zero attached hydrogens (tertiary/aromatic N) is 3. The van der Waals surface area contributed by atoms with Crippen molar-refractivity contribution in [2.24, 2.45) is 17.9 Å². The molecule has 0 spiro atoms. The zero-order valence-corrected chi connectivity index (χ0v) is 17.8. The number of nitrogens with two attached hydrogens (primary N) is 1. The third kappa shape index (κ3) is 3.05. The van der Waals surface area contributed by atoms with Crippen molar-refractivity contribution in [3.05, 3.63) is 71.5 Å². The second-order valence-corrected chi connectivity index (χ2v) is 8.62. The summed E-state index contributed by atoms with van der Waals surface area (Å²) >= 11 is 0. The standard InChI is InChI=1S/C24H21N7O2/c1-31-12-14(10-27-31)21-17-11-26-30-22(32)16-7-15(8-19(29-21)20(16)17)28-23(33)24(25)9-18(24)13-5-3-2-4-6-13/h2-8,10-12,18,29H,9,25H2,1H3,(H,28,33)(H,30,32)/t18-,24+/m1/s1. The number of hydrogen-bond acceptors (Lipinski definition) is 5. The van der Waals surface area contributed by atoms with Crippen LogP contribution in [0.5, 0.6) is 0 Å². The molecular formula is C24H21N7O2. The van der Waals surface area contributed by atoms with Crippen LogP contribution >= 0.6 is 0 Å². The summed E-state index contributed by atoms with van der Waals surface area (Å²) in [4.78, 5) is 29.2. The van der Waals surface area contributed by atoms with Gasteiger partial charge in [-0.2, -0.15) is 10.2 Å². The number of carbonyl (C=O) groups is 2. The van der Waals surface area contributed by atoms with E-state index in [9.17, 15) is 9.59 Å². The third-order valence-electron chi connectivity index (χ3n) is 6.42. The summed E-state index contributed by atoms with van der Waals surface area (Å²) in [6.07, 6.45) is 5.82. The zero-order chi connectivity index (χ0) is 22.7. The van der Waals surface area contributed by atoms with Crippen LogP contribution in [0.25, 0.3) is 22.2 Å². The predicted octanol–water partition coefficient (Wildman–Crippen LogP) is 2.47. The second-order valence-electron chi connectivity index (χ2n) is 8.62. The zero-order valence-electron chi connectivity index (χ0n) is 17.8. The maximum atomic E-state index is 13.1. The van der Waals surface area contributed by atoms with Gasteiger partial charge in [0.15, 0.2) is 0 Å². The molecule has 1 saturated carbocycles. The van der Waals surface area contributed by atoms with Gasteiger partial charge in [-0.15, -0.1) is 0 Å². The Balaban J connectivity index is 1.38. The summed E-state index contributed by atoms with van der Waals surface area (Å²) in [7, 11) is 1.84. The number of aryl methyl sites for hydroxylation is 1. The van der Waals surface area contributed by atoms with Gasteiger partial charge in [-0.05, 0) is 24.1 Å². The van der Waals surface area contributed by atoms with Gasteiger partial charge in [-0.3, -0.25) is 14.3 Å². The van der Waals surface area contributed by atoms with E-state index in [4.69, 9.17) is 5.73 Å². The van der Waals surface area contributed by atoms with Crippen LogP contribution < -0.4 is 16.5 Å². The molecular weight excluding hydrogens is 418 g/mol. The molecule has 1 aliphatic carbocycles. The minimum absolute atomic E-state index is 0.0324. The maximum Gasteiger partial charge on any atom is 0.272 e. The van der Waals surface area contributed by atoms with Gasteiger partial charge in [0.2, 0.25) is 5.91 Å². The Morgan fingerprint density at radius 2 is 2.09 bits per heavy atom. The van der Waals surface area contributed by atoms with Gasteiger partial charge in [0, 0.05) is 46.9 Å². The normalized spacial score (nSPS) is 21.0. The lowest BCUT2D eigenvalue weighted by Gasteiger charge is -2.14. The molecule has 164 valence electrons. The van der Waals surface area contributed by atoms with E-state index >= 15 is 0 Å². The van der Waals surface area contributed by atoms with Crippen LogP contribution in [-0.2, 0) is 11.8 Å². The molecule has 6 rings (SSSR count). The summed E-state index contributed by atoms with van der Waals surface area (Å²) in [6, 6.07) is 13.3. The number of hydrazone groups is 1. The van der Waals surface area contributed by atoms with Gasteiger partial charge >= 0.3 is 0 Å². The Morgan fingerprint density at radius 3 is 2.85 bits per heavy atom. The first-order valence-electron chi connectivity index (χ1n) is 10.6. The molecule has 9 heteroatoms. The molecule has 9 nitrogen and oxygen atoms in total. The summed E-state index contributed by atoms with van der Waals surface area (Å²) in [5, 5.41) is 12.0. The topological polar surface area (TPSA) is 130 Å². The maximum absolute atomic E-state index is 13.1. The number of aromatic amines is 1. The largest absolute Gasteiger partial charge is 0.354 e. The van der Waals surface area contributed by atoms with Crippen molar-refractivity contribution in [3.63, 3.8) is 0 Å². The smallest absolute Gasteiger partial charge is 0.272 e. The highest BCUT2D eigenvalue weighted by Gasteiger charge is 2.57. The van der Waals surface area contributed by atoms with Gasteiger partial charge in [0.1, 0.15) is 5.54 Å². The highest BCUT2D eigenvalue weighted by molar-refractivity contribution is 6.18. The summed E-state index contributed by atoms with van der Waals surface area (Å²) < 4.78 is 1.71. The fraction of sp³-hybridized carbons (Fsp3) is 0.167. The molecule has 2 aliphatic rings. The lowest BCUT2D eigenvalue weighted by atomic mass is 10.0. The van der Waals surface area contributed by atoms with Crippen molar-refractivity contribution in [3.8, 4) is 11.3 Å². The number of benzene rings is 2. The first-order chi connectivity index (χ1) is 15.9. The van der Waals surface area contributed by atoms with Crippen LogP contribution in [0.1, 0.15) is 33.8 Å². The number of rotatable bonds is 4. The SMILES string of the molecule is Cn1cc(-c2[nH]c3cc(NC(=O)[C@]4(N)C[C@@H]4c4ccccc4)cc4c3c2C=NNC4=O)cn1. The molecule has 0 radical (unpaired) electrons. The van der Waals surface area contributed by atoms with Gasteiger partial charge in [0.25, 0.3) is 5.91 Å². The number of amides is 2. The van der Waals surface area contributed by atoms with Crippen LogP contribution in [0.2, 0.25) is 0 Å². The van der Waals surface area contributed by atoms with Crippen LogP contribution in [0, 0.1) is 0 Å². The Labute approximate surface area is 188 Å². The van der Waals surface area contributed by atoms with Crippen LogP contribution in [-0.4, -0.2) is 38.3 Å². The van der Waals surface area contributed by atoms with E-state index < -0.39 is 5.54 Å². The predicted molar refractivity (Wildman–Crippen MR) is 125 cm³/mol. The molecule has 1 fully saturated rings. The average Bonchev–Trinajstić information content (AvgIpc) is 3.19. The first kappa shape index (κ1) is 19.4. The fourth-order valence-electron chi connectivity index (χ4n) is 4.61. The highest BCUT2D eigenvalue weighted by atomic mass is 16.2. The van der Waals surface area contributed by atoms with Crippen molar-refractivity contribution < 1.29 is 9.59 Å². The highest BCUT2D eigenvalue weighted by Crippen LogP contribution is 2.50. The molecule has 1 aliphatic heterocycles. The monoisotopic (exact) mass is 439 g/mol. The minimum Gasteiger partial charge on any atom is -0.354 e. The molecule has 4 aromatic rings. The first-order valence-corrected chi connectivity index (χ1v) is 10.6. The molecule has 0 saturated heterocycles. The number of nitrogens with one attached hydrogen (secondary N) is 3. The number of aromatic nitrogens is 3. The van der Waals surface area contributed by atoms with Crippen LogP contribution in [0.4, 0.5) is 5.69 Å². The van der Waals surface area contributed by atoms with E-state index in [2.05, 4.69) is 25.9 Å². The number of H-pyrrole nitrogens is 1. The molecule has 5 N–H and O–H groups in total. The number of hydrogen-bond donors (Lipinski definition) is 4. The number of anilines is 1. The van der Waals surface area contributed by atoms with E-state index in [1.165, 1.54) is 0 Å². The lowest BCUT2D eigenvalue weighted by molar-refractivity contribution is -0.118. The molecule has 0 bridgehead atoms. The molecule has 2 amide bonds. The summed E-state index contributed by atoms with van der Waals surface area (Å²) in [5.74, 6) is -0.652. The van der Waals surface area contributed by atoms with Gasteiger partial charge < -0.3 is 16.0 Å². The van der Waals surface area contributed by atoms with Crippen molar-refractivity contribution in [1.82, 2.24) is 20.2 Å². The Hall–Kier alpha value is -4.24. The Kier molecular flexibility index (Phi) is 4.05. The van der Waals surface area contributed by atoms with E-state index in [1.54, 1.807) is 23.2 Å².